The van der Waals surface area contributed by atoms with E-state index in [4.69, 9.17) is 11.8 Å². The number of piperidine rings is 1. The highest BCUT2D eigenvalue weighted by Crippen LogP contribution is 2.14. The number of halogens is 2. The molecule has 0 aromatic heterocycles. The average molecular weight is 241 g/mol. The Morgan fingerprint density at radius 2 is 1.79 bits per heavy atom. The molecule has 1 aliphatic rings. The van der Waals surface area contributed by atoms with Crippen molar-refractivity contribution < 1.29 is 0 Å². The topological polar surface area (TPSA) is 15.3 Å². The summed E-state index contributed by atoms with van der Waals surface area (Å²) in [5.74, 6) is 0. The molecule has 1 fully saturated rings. The van der Waals surface area contributed by atoms with Crippen molar-refractivity contribution >= 4 is 24.2 Å². The van der Waals surface area contributed by atoms with Crippen molar-refractivity contribution in [2.75, 3.05) is 19.6 Å². The summed E-state index contributed by atoms with van der Waals surface area (Å²) in [4.78, 5) is 5.37. The van der Waals surface area contributed by atoms with E-state index in [0.29, 0.717) is 0 Å². The Kier molecular flexibility index (Phi) is 7.13. The number of nitrogens with zero attached hydrogens (tertiary/aromatic N) is 1. The van der Waals surface area contributed by atoms with Crippen LogP contribution >= 0.6 is 24.2 Å². The van der Waals surface area contributed by atoms with Crippen LogP contribution in [0.5, 0.6) is 0 Å². The van der Waals surface area contributed by atoms with Crippen molar-refractivity contribution in [1.82, 2.24) is 9.74 Å². The van der Waals surface area contributed by atoms with Gasteiger partial charge in [0.25, 0.3) is 0 Å². The van der Waals surface area contributed by atoms with Crippen molar-refractivity contribution in [3.8, 4) is 0 Å². The molecule has 14 heavy (non-hydrogen) atoms. The van der Waals surface area contributed by atoms with Gasteiger partial charge in [-0.05, 0) is 64.5 Å². The highest BCUT2D eigenvalue weighted by atomic mass is 35.5. The van der Waals surface area contributed by atoms with Crippen LogP contribution < -0.4 is 4.84 Å². The van der Waals surface area contributed by atoms with Crippen molar-refractivity contribution in [1.29, 1.82) is 0 Å². The smallest absolute Gasteiger partial charge is 0.0287 e. The highest BCUT2D eigenvalue weighted by molar-refractivity contribution is 6.13. The first kappa shape index (κ1) is 14.5. The van der Waals surface area contributed by atoms with E-state index in [0.717, 1.165) is 6.42 Å². The highest BCUT2D eigenvalue weighted by Gasteiger charge is 2.18. The molecule has 0 aliphatic carbocycles. The molecule has 86 valence electrons. The Balaban J connectivity index is 0.00000169. The monoisotopic (exact) mass is 240 g/mol. The van der Waals surface area contributed by atoms with E-state index in [-0.39, 0.29) is 17.9 Å². The average Bonchev–Trinajstić information content (AvgIpc) is 2.17. The van der Waals surface area contributed by atoms with E-state index in [9.17, 15) is 0 Å². The normalized spacial score (nSPS) is 19.1. The Labute approximate surface area is 98.9 Å². The maximum Gasteiger partial charge on any atom is 0.0287 e. The lowest BCUT2D eigenvalue weighted by Gasteiger charge is -2.30. The van der Waals surface area contributed by atoms with Crippen LogP contribution in [-0.2, 0) is 0 Å². The van der Waals surface area contributed by atoms with Gasteiger partial charge in [0.1, 0.15) is 0 Å². The van der Waals surface area contributed by atoms with Crippen molar-refractivity contribution in [2.24, 2.45) is 0 Å². The molecule has 0 radical (unpaired) electrons. The van der Waals surface area contributed by atoms with Crippen LogP contribution in [0.3, 0.4) is 0 Å². The number of hydrogen-bond donors (Lipinski definition) is 1. The van der Waals surface area contributed by atoms with Gasteiger partial charge in [-0.1, -0.05) is 6.42 Å². The fourth-order valence-electron chi connectivity index (χ4n) is 1.67. The summed E-state index contributed by atoms with van der Waals surface area (Å²) in [6, 6.07) is 0. The second-order valence-electron chi connectivity index (χ2n) is 4.63. The van der Waals surface area contributed by atoms with E-state index in [1.807, 2.05) is 0 Å². The Bertz CT molecular complexity index is 145. The summed E-state index contributed by atoms with van der Waals surface area (Å²) in [7, 11) is 0. The molecule has 1 saturated heterocycles. The van der Waals surface area contributed by atoms with Gasteiger partial charge in [0.2, 0.25) is 0 Å². The zero-order valence-electron chi connectivity index (χ0n) is 9.18. The van der Waals surface area contributed by atoms with Crippen LogP contribution in [0.15, 0.2) is 0 Å². The second kappa shape index (κ2) is 6.89. The summed E-state index contributed by atoms with van der Waals surface area (Å²) in [6.07, 6.45) is 5.27. The molecule has 0 amide bonds. The summed E-state index contributed by atoms with van der Waals surface area (Å²) >= 11 is 5.64. The molecule has 1 heterocycles. The van der Waals surface area contributed by atoms with Crippen molar-refractivity contribution in [3.05, 3.63) is 0 Å². The van der Waals surface area contributed by atoms with Crippen LogP contribution in [0.1, 0.15) is 39.5 Å². The first-order chi connectivity index (χ1) is 6.14. The number of rotatable bonds is 4. The molecule has 0 aromatic carbocycles. The zero-order valence-corrected chi connectivity index (χ0v) is 10.8. The first-order valence-electron chi connectivity index (χ1n) is 5.24. The number of hydrogen-bond acceptors (Lipinski definition) is 2. The molecule has 0 bridgehead atoms. The summed E-state index contributed by atoms with van der Waals surface area (Å²) in [5, 5.41) is 0. The SMILES string of the molecule is CC(C)(CCN1CCCCC1)NCl.Cl. The van der Waals surface area contributed by atoms with E-state index in [1.54, 1.807) is 0 Å². The maximum absolute atomic E-state index is 5.64. The molecule has 0 aromatic rings. The predicted octanol–water partition coefficient (Wildman–Crippen LogP) is 2.81. The molecular formula is C10H22Cl2N2. The molecule has 4 heteroatoms. The number of nitrogens with one attached hydrogen (secondary N) is 1. The van der Waals surface area contributed by atoms with E-state index >= 15 is 0 Å². The fraction of sp³-hybridized carbons (Fsp3) is 1.00. The molecule has 1 rings (SSSR count). The minimum absolute atomic E-state index is 0. The van der Waals surface area contributed by atoms with Gasteiger partial charge in [0.05, 0.1) is 0 Å². The minimum atomic E-state index is 0. The van der Waals surface area contributed by atoms with E-state index in [1.165, 1.54) is 38.9 Å². The van der Waals surface area contributed by atoms with Crippen molar-refractivity contribution in [2.45, 2.75) is 45.1 Å². The van der Waals surface area contributed by atoms with E-state index < -0.39 is 0 Å². The molecule has 0 unspecified atom stereocenters. The van der Waals surface area contributed by atoms with Gasteiger partial charge in [-0.15, -0.1) is 12.4 Å². The molecule has 0 spiro atoms. The van der Waals surface area contributed by atoms with Crippen LogP contribution in [0.2, 0.25) is 0 Å². The molecule has 0 atom stereocenters. The van der Waals surface area contributed by atoms with Gasteiger partial charge in [-0.3, -0.25) is 0 Å². The quantitative estimate of drug-likeness (QED) is 0.761. The third-order valence-electron chi connectivity index (χ3n) is 2.76. The molecule has 2 nitrogen and oxygen atoms in total. The third-order valence-corrected chi connectivity index (χ3v) is 3.27. The lowest BCUT2D eigenvalue weighted by Crippen LogP contribution is -2.39. The lowest BCUT2D eigenvalue weighted by atomic mass is 10.0. The van der Waals surface area contributed by atoms with Crippen LogP contribution in [0, 0.1) is 0 Å². The Morgan fingerprint density at radius 3 is 2.29 bits per heavy atom. The fourth-order valence-corrected chi connectivity index (χ4v) is 1.76. The summed E-state index contributed by atoms with van der Waals surface area (Å²) in [6.45, 7) is 8.01. The summed E-state index contributed by atoms with van der Waals surface area (Å²) < 4.78 is 0. The maximum atomic E-state index is 5.64. The Hall–Kier alpha value is 0.500. The van der Waals surface area contributed by atoms with Gasteiger partial charge < -0.3 is 4.90 Å². The second-order valence-corrected chi connectivity index (χ2v) is 4.82. The predicted molar refractivity (Wildman–Crippen MR) is 65.2 cm³/mol. The molecule has 1 N–H and O–H groups in total. The molecular weight excluding hydrogens is 219 g/mol. The van der Waals surface area contributed by atoms with Gasteiger partial charge in [0.15, 0.2) is 0 Å². The zero-order chi connectivity index (χ0) is 9.73. The Morgan fingerprint density at radius 1 is 1.21 bits per heavy atom. The number of likely N-dealkylation sites (tertiary alicyclic amines) is 1. The van der Waals surface area contributed by atoms with Crippen LogP contribution in [0.25, 0.3) is 0 Å². The molecule has 0 saturated carbocycles. The van der Waals surface area contributed by atoms with Gasteiger partial charge >= 0.3 is 0 Å². The standard InChI is InChI=1S/C10H21ClN2.ClH/c1-10(2,12-11)6-9-13-7-4-3-5-8-13;/h12H,3-9H2,1-2H3;1H. The van der Waals surface area contributed by atoms with Crippen LogP contribution in [0.4, 0.5) is 0 Å². The largest absolute Gasteiger partial charge is 0.303 e. The van der Waals surface area contributed by atoms with Crippen molar-refractivity contribution in [3.63, 3.8) is 0 Å². The van der Waals surface area contributed by atoms with Gasteiger partial charge in [-0.2, -0.15) is 0 Å². The van der Waals surface area contributed by atoms with E-state index in [2.05, 4.69) is 23.6 Å². The molecule has 1 aliphatic heterocycles. The minimum Gasteiger partial charge on any atom is -0.303 e. The summed E-state index contributed by atoms with van der Waals surface area (Å²) in [5.41, 5.74) is 0.0685. The first-order valence-corrected chi connectivity index (χ1v) is 5.62. The third kappa shape index (κ3) is 5.40. The lowest BCUT2D eigenvalue weighted by molar-refractivity contribution is 0.208. The van der Waals surface area contributed by atoms with Gasteiger partial charge in [-0.25, -0.2) is 4.84 Å². The van der Waals surface area contributed by atoms with Gasteiger partial charge in [0, 0.05) is 5.54 Å². The van der Waals surface area contributed by atoms with Crippen LogP contribution in [-0.4, -0.2) is 30.1 Å².